The number of carbonyl (C=O) groups excluding carboxylic acids is 3. The van der Waals surface area contributed by atoms with Crippen molar-refractivity contribution in [2.75, 3.05) is 0 Å². The molecule has 208 valence electrons. The van der Waals surface area contributed by atoms with E-state index in [1.807, 2.05) is 73.7 Å². The van der Waals surface area contributed by atoms with Crippen LogP contribution in [0.5, 0.6) is 0 Å². The van der Waals surface area contributed by atoms with Gasteiger partial charge < -0.3 is 4.84 Å². The van der Waals surface area contributed by atoms with Crippen molar-refractivity contribution in [3.05, 3.63) is 131 Å². The lowest BCUT2D eigenvalue weighted by Crippen LogP contribution is -2.16. The van der Waals surface area contributed by atoms with E-state index in [9.17, 15) is 14.4 Å². The van der Waals surface area contributed by atoms with Crippen molar-refractivity contribution in [3.63, 3.8) is 0 Å². The van der Waals surface area contributed by atoms with Gasteiger partial charge in [-0.3, -0.25) is 9.59 Å². The first-order valence-corrected chi connectivity index (χ1v) is 14.6. The highest BCUT2D eigenvalue weighted by molar-refractivity contribution is 7.99. The first-order valence-electron chi connectivity index (χ1n) is 13.8. The molecule has 0 amide bonds. The van der Waals surface area contributed by atoms with Crippen LogP contribution in [0.3, 0.4) is 0 Å². The topological polar surface area (TPSA) is 72.8 Å². The minimum Gasteiger partial charge on any atom is -0.312 e. The Morgan fingerprint density at radius 1 is 0.683 bits per heavy atom. The second-order valence-corrected chi connectivity index (χ2v) is 10.9. The van der Waals surface area contributed by atoms with E-state index in [0.717, 1.165) is 41.0 Å². The molecule has 41 heavy (non-hydrogen) atoms. The number of aryl methyl sites for hydroxylation is 1. The zero-order valence-electron chi connectivity index (χ0n) is 23.3. The molecule has 0 aromatic heterocycles. The summed E-state index contributed by atoms with van der Waals surface area (Å²) in [7, 11) is 0. The number of hydrogen-bond donors (Lipinski definition) is 0. The Bertz CT molecular complexity index is 1510. The summed E-state index contributed by atoms with van der Waals surface area (Å²) in [4.78, 5) is 45.7. The summed E-state index contributed by atoms with van der Waals surface area (Å²) in [5.41, 5.74) is 3.40. The van der Waals surface area contributed by atoms with E-state index in [1.165, 1.54) is 0 Å². The van der Waals surface area contributed by atoms with Crippen molar-refractivity contribution in [3.8, 4) is 0 Å². The molecular weight excluding hydrogens is 530 g/mol. The number of rotatable bonds is 13. The fourth-order valence-electron chi connectivity index (χ4n) is 4.28. The van der Waals surface area contributed by atoms with Crippen molar-refractivity contribution in [1.82, 2.24) is 0 Å². The molecule has 0 spiro atoms. The second-order valence-electron chi connectivity index (χ2n) is 9.72. The number of oxime groups is 1. The molecule has 0 saturated heterocycles. The van der Waals surface area contributed by atoms with Gasteiger partial charge in [0.2, 0.25) is 5.78 Å². The van der Waals surface area contributed by atoms with Gasteiger partial charge in [0.25, 0.3) is 0 Å². The molecule has 0 atom stereocenters. The number of benzene rings is 4. The highest BCUT2D eigenvalue weighted by atomic mass is 32.2. The summed E-state index contributed by atoms with van der Waals surface area (Å²) in [5, 5.41) is 4.00. The van der Waals surface area contributed by atoms with Crippen LogP contribution in [0, 0.1) is 6.92 Å². The van der Waals surface area contributed by atoms with Crippen molar-refractivity contribution in [2.45, 2.75) is 55.7 Å². The number of ketones is 2. The summed E-state index contributed by atoms with van der Waals surface area (Å²) >= 11 is 1.54. The molecule has 0 N–H and O–H groups in total. The lowest BCUT2D eigenvalue weighted by Gasteiger charge is -2.08. The zero-order valence-corrected chi connectivity index (χ0v) is 24.2. The summed E-state index contributed by atoms with van der Waals surface area (Å²) < 4.78 is 0. The van der Waals surface area contributed by atoms with Gasteiger partial charge in [0.1, 0.15) is 5.71 Å². The van der Waals surface area contributed by atoms with E-state index < -0.39 is 5.97 Å². The first kappa shape index (κ1) is 29.7. The van der Waals surface area contributed by atoms with Gasteiger partial charge in [-0.05, 0) is 86.0 Å². The Balaban J connectivity index is 1.42. The van der Waals surface area contributed by atoms with Gasteiger partial charge in [-0.15, -0.1) is 0 Å². The summed E-state index contributed by atoms with van der Waals surface area (Å²) in [6.45, 7) is 4.06. The second kappa shape index (κ2) is 14.9. The van der Waals surface area contributed by atoms with E-state index in [0.29, 0.717) is 28.7 Å². The predicted octanol–water partition coefficient (Wildman–Crippen LogP) is 8.74. The minimum absolute atomic E-state index is 0.00382. The van der Waals surface area contributed by atoms with Crippen LogP contribution < -0.4 is 0 Å². The van der Waals surface area contributed by atoms with Crippen LogP contribution in [-0.4, -0.2) is 23.2 Å². The maximum absolute atomic E-state index is 13.3. The van der Waals surface area contributed by atoms with Gasteiger partial charge in [0.05, 0.1) is 5.56 Å². The molecule has 4 aromatic carbocycles. The Hall–Kier alpha value is -4.29. The van der Waals surface area contributed by atoms with Crippen LogP contribution in [-0.2, 0) is 4.84 Å². The van der Waals surface area contributed by atoms with Crippen LogP contribution in [0.1, 0.15) is 81.2 Å². The average Bonchev–Trinajstić information content (AvgIpc) is 3.01. The molecule has 0 saturated carbocycles. The fourth-order valence-corrected chi connectivity index (χ4v) is 5.09. The monoisotopic (exact) mass is 563 g/mol. The van der Waals surface area contributed by atoms with Crippen LogP contribution in [0.15, 0.2) is 118 Å². The van der Waals surface area contributed by atoms with Gasteiger partial charge in [-0.1, -0.05) is 85.6 Å². The molecule has 0 aliphatic rings. The quantitative estimate of drug-likeness (QED) is 0.0535. The maximum Gasteiger partial charge on any atom is 0.365 e. The molecule has 5 nitrogen and oxygen atoms in total. The van der Waals surface area contributed by atoms with Crippen molar-refractivity contribution < 1.29 is 19.2 Å². The normalized spacial score (nSPS) is 11.2. The Kier molecular flexibility index (Phi) is 10.8. The molecule has 6 heteroatoms. The fraction of sp³-hybridized carbons (Fsp3) is 0.200. The zero-order chi connectivity index (χ0) is 29.0. The molecule has 0 unspecified atom stereocenters. The van der Waals surface area contributed by atoms with Gasteiger partial charge in [-0.25, -0.2) is 4.79 Å². The van der Waals surface area contributed by atoms with Crippen molar-refractivity contribution in [1.29, 1.82) is 0 Å². The number of carbonyl (C=O) groups is 3. The van der Waals surface area contributed by atoms with Crippen LogP contribution >= 0.6 is 11.8 Å². The third kappa shape index (κ3) is 8.35. The highest BCUT2D eigenvalue weighted by Crippen LogP contribution is 2.29. The molecule has 0 bridgehead atoms. The average molecular weight is 564 g/mol. The number of nitrogens with zero attached hydrogens (tertiary/aromatic N) is 1. The SMILES string of the molecule is CCCCCC/C(=N/OC(=O)c1ccccc1)C(=O)c1ccc(Sc2ccc(C(=O)c3ccccc3C)cc2)cc1. The van der Waals surface area contributed by atoms with Crippen LogP contribution in [0.4, 0.5) is 0 Å². The van der Waals surface area contributed by atoms with Gasteiger partial charge in [0, 0.05) is 26.5 Å². The van der Waals surface area contributed by atoms with Gasteiger partial charge in [-0.2, -0.15) is 0 Å². The molecule has 0 aliphatic carbocycles. The van der Waals surface area contributed by atoms with E-state index >= 15 is 0 Å². The first-order chi connectivity index (χ1) is 20.0. The largest absolute Gasteiger partial charge is 0.365 e. The summed E-state index contributed by atoms with van der Waals surface area (Å²) in [5.74, 6) is -0.843. The molecule has 4 aromatic rings. The standard InChI is InChI=1S/C35H33NO4S/c1-3-4-5-9-16-32(36-40-35(39)28-13-7-6-8-14-28)34(38)27-19-23-30(24-20-27)41-29-21-17-26(18-22-29)33(37)31-15-11-10-12-25(31)2/h6-8,10-15,17-24H,3-5,9,16H2,1-2H3/b36-32-. The Morgan fingerprint density at radius 2 is 1.29 bits per heavy atom. The van der Waals surface area contributed by atoms with E-state index in [4.69, 9.17) is 4.84 Å². The molecular formula is C35H33NO4S. The lowest BCUT2D eigenvalue weighted by atomic mass is 9.99. The van der Waals surface area contributed by atoms with E-state index in [2.05, 4.69) is 12.1 Å². The van der Waals surface area contributed by atoms with E-state index in [1.54, 1.807) is 48.2 Å². The number of hydrogen-bond acceptors (Lipinski definition) is 6. The maximum atomic E-state index is 13.3. The van der Waals surface area contributed by atoms with E-state index in [-0.39, 0.29) is 17.3 Å². The van der Waals surface area contributed by atoms with Gasteiger partial charge in [0.15, 0.2) is 5.78 Å². The third-order valence-electron chi connectivity index (χ3n) is 6.64. The minimum atomic E-state index is -0.595. The third-order valence-corrected chi connectivity index (χ3v) is 7.65. The number of Topliss-reactive ketones (excluding diaryl/α,β-unsaturated/α-hetero) is 1. The molecule has 0 aliphatic heterocycles. The lowest BCUT2D eigenvalue weighted by molar-refractivity contribution is 0.0514. The number of unbranched alkanes of at least 4 members (excludes halogenated alkanes) is 3. The van der Waals surface area contributed by atoms with Crippen molar-refractivity contribution >= 4 is 35.0 Å². The smallest absolute Gasteiger partial charge is 0.312 e. The summed E-state index contributed by atoms with van der Waals surface area (Å²) in [6.07, 6.45) is 4.34. The highest BCUT2D eigenvalue weighted by Gasteiger charge is 2.17. The molecule has 0 radical (unpaired) electrons. The van der Waals surface area contributed by atoms with Crippen molar-refractivity contribution in [2.24, 2.45) is 5.16 Å². The predicted molar refractivity (Wildman–Crippen MR) is 164 cm³/mol. The molecule has 0 fully saturated rings. The van der Waals surface area contributed by atoms with Gasteiger partial charge >= 0.3 is 5.97 Å². The van der Waals surface area contributed by atoms with Crippen LogP contribution in [0.25, 0.3) is 0 Å². The van der Waals surface area contributed by atoms with Crippen LogP contribution in [0.2, 0.25) is 0 Å². The molecule has 0 heterocycles. The Morgan fingerprint density at radius 3 is 1.93 bits per heavy atom. The Labute approximate surface area is 245 Å². The molecule has 4 rings (SSSR count). The summed E-state index contributed by atoms with van der Waals surface area (Å²) in [6, 6.07) is 31.0.